The van der Waals surface area contributed by atoms with Gasteiger partial charge in [0.2, 0.25) is 6.29 Å². The Hall–Kier alpha value is -1.23. The third-order valence-electron chi connectivity index (χ3n) is 2.43. The molecule has 14 heavy (non-hydrogen) atoms. The van der Waals surface area contributed by atoms with E-state index in [0.29, 0.717) is 18.2 Å². The number of piperidine rings is 1. The van der Waals surface area contributed by atoms with Crippen LogP contribution in [0.15, 0.2) is 4.52 Å². The Balaban J connectivity index is 1.92. The number of nitrogens with zero attached hydrogens (tertiary/aromatic N) is 2. The van der Waals surface area contributed by atoms with E-state index < -0.39 is 0 Å². The van der Waals surface area contributed by atoms with E-state index in [1.54, 1.807) is 0 Å². The molecule has 1 aromatic heterocycles. The molecule has 2 heterocycles. The molecule has 1 aliphatic heterocycles. The first kappa shape index (κ1) is 9.33. The largest absolute Gasteiger partial charge is 0.331 e. The molecule has 1 saturated heterocycles. The van der Waals surface area contributed by atoms with Crippen molar-refractivity contribution in [2.45, 2.75) is 31.7 Å². The predicted molar refractivity (Wildman–Crippen MR) is 49.0 cm³/mol. The summed E-state index contributed by atoms with van der Waals surface area (Å²) in [6.07, 6.45) is 4.95. The van der Waals surface area contributed by atoms with Crippen molar-refractivity contribution in [2.24, 2.45) is 0 Å². The first-order valence-corrected chi connectivity index (χ1v) is 4.89. The van der Waals surface area contributed by atoms with Gasteiger partial charge in [-0.1, -0.05) is 11.6 Å². The second kappa shape index (κ2) is 4.32. The van der Waals surface area contributed by atoms with Gasteiger partial charge in [-0.15, -0.1) is 0 Å². The molecule has 1 fully saturated rings. The average molecular weight is 195 g/mol. The van der Waals surface area contributed by atoms with Crippen LogP contribution in [0.3, 0.4) is 0 Å². The van der Waals surface area contributed by atoms with E-state index in [2.05, 4.69) is 15.5 Å². The Labute approximate surface area is 81.9 Å². The number of aromatic nitrogens is 2. The van der Waals surface area contributed by atoms with Gasteiger partial charge in [0.25, 0.3) is 5.89 Å². The van der Waals surface area contributed by atoms with Crippen LogP contribution in [0.4, 0.5) is 0 Å². The van der Waals surface area contributed by atoms with Crippen molar-refractivity contribution < 1.29 is 9.32 Å². The highest BCUT2D eigenvalue weighted by Crippen LogP contribution is 2.10. The topological polar surface area (TPSA) is 68.0 Å². The summed E-state index contributed by atoms with van der Waals surface area (Å²) in [6, 6.07) is 0.431. The van der Waals surface area contributed by atoms with E-state index in [0.717, 1.165) is 19.4 Å². The Kier molecular flexibility index (Phi) is 2.88. The lowest BCUT2D eigenvalue weighted by Crippen LogP contribution is -2.35. The molecule has 1 N–H and O–H groups in total. The number of hydrogen-bond donors (Lipinski definition) is 1. The molecular weight excluding hydrogens is 182 g/mol. The first-order chi connectivity index (χ1) is 6.88. The van der Waals surface area contributed by atoms with Crippen LogP contribution < -0.4 is 5.32 Å². The lowest BCUT2D eigenvalue weighted by Gasteiger charge is -2.21. The molecule has 5 nitrogen and oxygen atoms in total. The van der Waals surface area contributed by atoms with Gasteiger partial charge >= 0.3 is 0 Å². The van der Waals surface area contributed by atoms with E-state index in [9.17, 15) is 4.79 Å². The molecule has 0 aromatic carbocycles. The molecule has 1 aliphatic rings. The van der Waals surface area contributed by atoms with Gasteiger partial charge in [0.05, 0.1) is 0 Å². The monoisotopic (exact) mass is 195 g/mol. The molecule has 2 rings (SSSR count). The normalized spacial score (nSPS) is 22.1. The number of carbonyl (C=O) groups excluding carboxylic acids is 1. The zero-order chi connectivity index (χ0) is 9.80. The van der Waals surface area contributed by atoms with Gasteiger partial charge < -0.3 is 9.84 Å². The lowest BCUT2D eigenvalue weighted by atomic mass is 10.0. The minimum atomic E-state index is 0.0656. The number of rotatable bonds is 3. The zero-order valence-electron chi connectivity index (χ0n) is 7.90. The van der Waals surface area contributed by atoms with Crippen molar-refractivity contribution >= 4 is 6.29 Å². The summed E-state index contributed by atoms with van der Waals surface area (Å²) in [4.78, 5) is 14.2. The van der Waals surface area contributed by atoms with Crippen molar-refractivity contribution in [1.82, 2.24) is 15.5 Å². The molecule has 0 radical (unpaired) electrons. The van der Waals surface area contributed by atoms with Crippen molar-refractivity contribution in [2.75, 3.05) is 6.54 Å². The molecular formula is C9H13N3O2. The van der Waals surface area contributed by atoms with Gasteiger partial charge in [-0.25, -0.2) is 0 Å². The Morgan fingerprint density at radius 1 is 1.57 bits per heavy atom. The minimum Gasteiger partial charge on any atom is -0.331 e. The first-order valence-electron chi connectivity index (χ1n) is 4.89. The SMILES string of the molecule is O=Cc1nc(CC2CCCCN2)no1. The van der Waals surface area contributed by atoms with Crippen LogP contribution in [0.25, 0.3) is 0 Å². The van der Waals surface area contributed by atoms with Crippen LogP contribution in [0.2, 0.25) is 0 Å². The van der Waals surface area contributed by atoms with Gasteiger partial charge in [-0.3, -0.25) is 4.79 Å². The number of hydrogen-bond acceptors (Lipinski definition) is 5. The maximum absolute atomic E-state index is 10.3. The number of nitrogens with one attached hydrogen (secondary N) is 1. The smallest absolute Gasteiger partial charge is 0.290 e. The highest BCUT2D eigenvalue weighted by molar-refractivity contribution is 5.66. The van der Waals surface area contributed by atoms with E-state index in [4.69, 9.17) is 4.52 Å². The van der Waals surface area contributed by atoms with E-state index in [1.165, 1.54) is 12.8 Å². The molecule has 1 aromatic rings. The highest BCUT2D eigenvalue weighted by atomic mass is 16.5. The third-order valence-corrected chi connectivity index (χ3v) is 2.43. The Morgan fingerprint density at radius 2 is 2.50 bits per heavy atom. The number of aldehydes is 1. The standard InChI is InChI=1S/C9H13N3O2/c13-6-9-11-8(12-14-9)5-7-3-1-2-4-10-7/h6-7,10H,1-5H2. The maximum atomic E-state index is 10.3. The lowest BCUT2D eigenvalue weighted by molar-refractivity contribution is 0.108. The average Bonchev–Trinajstić information content (AvgIpc) is 2.67. The van der Waals surface area contributed by atoms with Gasteiger partial charge in [-0.2, -0.15) is 4.98 Å². The van der Waals surface area contributed by atoms with Crippen molar-refractivity contribution in [3.63, 3.8) is 0 Å². The van der Waals surface area contributed by atoms with Gasteiger partial charge in [0.15, 0.2) is 5.82 Å². The molecule has 0 amide bonds. The van der Waals surface area contributed by atoms with Gasteiger partial charge in [0.1, 0.15) is 0 Å². The second-order valence-electron chi connectivity index (χ2n) is 3.52. The molecule has 76 valence electrons. The van der Waals surface area contributed by atoms with Crippen LogP contribution in [-0.4, -0.2) is 29.0 Å². The van der Waals surface area contributed by atoms with E-state index in [1.807, 2.05) is 0 Å². The number of carbonyl (C=O) groups is 1. The zero-order valence-corrected chi connectivity index (χ0v) is 7.90. The third kappa shape index (κ3) is 2.17. The van der Waals surface area contributed by atoms with Crippen LogP contribution in [0.5, 0.6) is 0 Å². The summed E-state index contributed by atoms with van der Waals surface area (Å²) in [5, 5.41) is 7.11. The van der Waals surface area contributed by atoms with E-state index >= 15 is 0 Å². The molecule has 1 unspecified atom stereocenters. The fraction of sp³-hybridized carbons (Fsp3) is 0.667. The maximum Gasteiger partial charge on any atom is 0.290 e. The van der Waals surface area contributed by atoms with Crippen molar-refractivity contribution in [3.8, 4) is 0 Å². The highest BCUT2D eigenvalue weighted by Gasteiger charge is 2.16. The molecule has 0 saturated carbocycles. The Bertz CT molecular complexity index is 305. The fourth-order valence-corrected chi connectivity index (χ4v) is 1.72. The summed E-state index contributed by atoms with van der Waals surface area (Å²) >= 11 is 0. The van der Waals surface area contributed by atoms with Crippen molar-refractivity contribution in [1.29, 1.82) is 0 Å². The van der Waals surface area contributed by atoms with Crippen LogP contribution in [0, 0.1) is 0 Å². The van der Waals surface area contributed by atoms with Gasteiger partial charge in [-0.05, 0) is 19.4 Å². The summed E-state index contributed by atoms with van der Waals surface area (Å²) in [6.45, 7) is 1.06. The van der Waals surface area contributed by atoms with Gasteiger partial charge in [0, 0.05) is 12.5 Å². The fourth-order valence-electron chi connectivity index (χ4n) is 1.72. The summed E-state index contributed by atoms with van der Waals surface area (Å²) < 4.78 is 4.70. The second-order valence-corrected chi connectivity index (χ2v) is 3.52. The summed E-state index contributed by atoms with van der Waals surface area (Å²) in [7, 11) is 0. The minimum absolute atomic E-state index is 0.0656. The Morgan fingerprint density at radius 3 is 3.14 bits per heavy atom. The van der Waals surface area contributed by atoms with Crippen LogP contribution >= 0.6 is 0 Å². The van der Waals surface area contributed by atoms with Crippen LogP contribution in [0.1, 0.15) is 35.8 Å². The summed E-state index contributed by atoms with van der Waals surface area (Å²) in [5.41, 5.74) is 0. The summed E-state index contributed by atoms with van der Waals surface area (Å²) in [5.74, 6) is 0.683. The quantitative estimate of drug-likeness (QED) is 0.714. The molecule has 5 heteroatoms. The molecule has 0 bridgehead atoms. The van der Waals surface area contributed by atoms with E-state index in [-0.39, 0.29) is 5.89 Å². The molecule has 0 aliphatic carbocycles. The van der Waals surface area contributed by atoms with Crippen molar-refractivity contribution in [3.05, 3.63) is 11.7 Å². The van der Waals surface area contributed by atoms with Crippen LogP contribution in [-0.2, 0) is 6.42 Å². The molecule has 1 atom stereocenters. The molecule has 0 spiro atoms. The predicted octanol–water partition coefficient (Wildman–Crippen LogP) is 0.567.